The van der Waals surface area contributed by atoms with Gasteiger partial charge in [-0.1, -0.05) is 12.8 Å². The lowest BCUT2D eigenvalue weighted by atomic mass is 9.78. The van der Waals surface area contributed by atoms with Gasteiger partial charge in [0.1, 0.15) is 0 Å². The molecule has 1 saturated carbocycles. The van der Waals surface area contributed by atoms with Crippen LogP contribution in [-0.4, -0.2) is 57.2 Å². The SMILES string of the molecule is COc1cc(N2CC(C(=O)N3CCCC4CCCCC43)CC2=O)cc(OC)c1OC. The van der Waals surface area contributed by atoms with Crippen molar-refractivity contribution in [3.05, 3.63) is 12.1 Å². The van der Waals surface area contributed by atoms with E-state index in [4.69, 9.17) is 14.2 Å². The molecule has 0 N–H and O–H groups in total. The molecule has 7 nitrogen and oxygen atoms in total. The quantitative estimate of drug-likeness (QED) is 0.737. The fourth-order valence-electron chi connectivity index (χ4n) is 5.48. The lowest BCUT2D eigenvalue weighted by Crippen LogP contribution is -2.51. The minimum Gasteiger partial charge on any atom is -0.493 e. The van der Waals surface area contributed by atoms with Gasteiger partial charge in [-0.2, -0.15) is 0 Å². The number of piperidine rings is 1. The molecule has 30 heavy (non-hydrogen) atoms. The lowest BCUT2D eigenvalue weighted by Gasteiger charge is -2.45. The number of carbonyl (C=O) groups is 2. The van der Waals surface area contributed by atoms with Crippen LogP contribution < -0.4 is 19.1 Å². The Kier molecular flexibility index (Phi) is 6.06. The molecule has 164 valence electrons. The van der Waals surface area contributed by atoms with Crippen molar-refractivity contribution in [1.82, 2.24) is 4.90 Å². The van der Waals surface area contributed by atoms with Gasteiger partial charge in [0.2, 0.25) is 17.6 Å². The first kappa shape index (κ1) is 20.8. The highest BCUT2D eigenvalue weighted by atomic mass is 16.5. The third-order valence-corrected chi connectivity index (χ3v) is 6.96. The predicted molar refractivity (Wildman–Crippen MR) is 113 cm³/mol. The van der Waals surface area contributed by atoms with E-state index in [-0.39, 0.29) is 24.2 Å². The zero-order valence-corrected chi connectivity index (χ0v) is 18.2. The van der Waals surface area contributed by atoms with Gasteiger partial charge in [-0.3, -0.25) is 9.59 Å². The Balaban J connectivity index is 1.53. The van der Waals surface area contributed by atoms with E-state index in [0.29, 0.717) is 41.4 Å². The van der Waals surface area contributed by atoms with Gasteiger partial charge in [-0.05, 0) is 31.6 Å². The van der Waals surface area contributed by atoms with E-state index in [1.807, 2.05) is 0 Å². The molecule has 3 fully saturated rings. The molecule has 2 amide bonds. The largest absolute Gasteiger partial charge is 0.493 e. The van der Waals surface area contributed by atoms with Crippen molar-refractivity contribution < 1.29 is 23.8 Å². The summed E-state index contributed by atoms with van der Waals surface area (Å²) in [6, 6.07) is 3.90. The number of benzene rings is 1. The number of nitrogens with zero attached hydrogens (tertiary/aromatic N) is 2. The average molecular weight is 417 g/mol. The summed E-state index contributed by atoms with van der Waals surface area (Å²) >= 11 is 0. The molecule has 7 heteroatoms. The molecule has 1 aromatic carbocycles. The molecule has 3 aliphatic rings. The lowest BCUT2D eigenvalue weighted by molar-refractivity contribution is -0.142. The summed E-state index contributed by atoms with van der Waals surface area (Å²) in [4.78, 5) is 30.0. The Bertz CT molecular complexity index is 784. The van der Waals surface area contributed by atoms with Gasteiger partial charge in [0, 0.05) is 37.7 Å². The van der Waals surface area contributed by atoms with Gasteiger partial charge in [0.05, 0.1) is 32.9 Å². The van der Waals surface area contributed by atoms with E-state index >= 15 is 0 Å². The highest BCUT2D eigenvalue weighted by molar-refractivity contribution is 6.00. The van der Waals surface area contributed by atoms with Crippen molar-refractivity contribution in [3.63, 3.8) is 0 Å². The average Bonchev–Trinajstić information content (AvgIpc) is 3.18. The molecule has 0 bridgehead atoms. The Morgan fingerprint density at radius 1 is 0.967 bits per heavy atom. The van der Waals surface area contributed by atoms with E-state index in [1.54, 1.807) is 38.4 Å². The van der Waals surface area contributed by atoms with Crippen molar-refractivity contribution in [2.45, 2.75) is 51.0 Å². The van der Waals surface area contributed by atoms with Crippen LogP contribution in [0.4, 0.5) is 5.69 Å². The zero-order chi connectivity index (χ0) is 21.3. The standard InChI is InChI=1S/C23H32N2O5/c1-28-19-12-17(13-20(29-2)22(19)30-3)25-14-16(11-21(25)26)23(27)24-10-6-8-15-7-4-5-9-18(15)24/h12-13,15-16,18H,4-11,14H2,1-3H3. The van der Waals surface area contributed by atoms with Gasteiger partial charge in [-0.15, -0.1) is 0 Å². The number of likely N-dealkylation sites (tertiary alicyclic amines) is 1. The molecule has 2 saturated heterocycles. The molecule has 4 rings (SSSR count). The smallest absolute Gasteiger partial charge is 0.228 e. The Morgan fingerprint density at radius 2 is 1.63 bits per heavy atom. The van der Waals surface area contributed by atoms with Crippen LogP contribution in [0.15, 0.2) is 12.1 Å². The van der Waals surface area contributed by atoms with Crippen LogP contribution >= 0.6 is 0 Å². The minimum absolute atomic E-state index is 0.0418. The van der Waals surface area contributed by atoms with Crippen LogP contribution in [0.5, 0.6) is 17.2 Å². The van der Waals surface area contributed by atoms with E-state index < -0.39 is 0 Å². The maximum atomic E-state index is 13.4. The summed E-state index contributed by atoms with van der Waals surface area (Å²) in [6.07, 6.45) is 7.37. The summed E-state index contributed by atoms with van der Waals surface area (Å²) < 4.78 is 16.2. The maximum Gasteiger partial charge on any atom is 0.228 e. The van der Waals surface area contributed by atoms with E-state index in [2.05, 4.69) is 4.90 Å². The highest BCUT2D eigenvalue weighted by Gasteiger charge is 2.42. The summed E-state index contributed by atoms with van der Waals surface area (Å²) in [5, 5.41) is 0. The van der Waals surface area contributed by atoms with Crippen LogP contribution in [0.25, 0.3) is 0 Å². The normalized spacial score (nSPS) is 26.4. The molecular formula is C23H32N2O5. The fraction of sp³-hybridized carbons (Fsp3) is 0.652. The Labute approximate surface area is 178 Å². The molecule has 3 unspecified atom stereocenters. The number of carbonyl (C=O) groups excluding carboxylic acids is 2. The monoisotopic (exact) mass is 416 g/mol. The van der Waals surface area contributed by atoms with Crippen LogP contribution in [0, 0.1) is 11.8 Å². The first-order chi connectivity index (χ1) is 14.6. The third kappa shape index (κ3) is 3.70. The minimum atomic E-state index is -0.294. The number of hydrogen-bond acceptors (Lipinski definition) is 5. The molecule has 1 aliphatic carbocycles. The fourth-order valence-corrected chi connectivity index (χ4v) is 5.48. The van der Waals surface area contributed by atoms with Gasteiger partial charge in [0.15, 0.2) is 11.5 Å². The first-order valence-electron chi connectivity index (χ1n) is 11.0. The van der Waals surface area contributed by atoms with Crippen LogP contribution in [0.1, 0.15) is 44.9 Å². The second-order valence-corrected chi connectivity index (χ2v) is 8.57. The van der Waals surface area contributed by atoms with E-state index in [1.165, 1.54) is 25.7 Å². The number of methoxy groups -OCH3 is 3. The number of hydrogen-bond donors (Lipinski definition) is 0. The number of fused-ring (bicyclic) bond motifs is 1. The number of ether oxygens (including phenoxy) is 3. The second-order valence-electron chi connectivity index (χ2n) is 8.57. The van der Waals surface area contributed by atoms with Crippen molar-refractivity contribution >= 4 is 17.5 Å². The van der Waals surface area contributed by atoms with Gasteiger partial charge in [-0.25, -0.2) is 0 Å². The molecule has 1 aromatic rings. The third-order valence-electron chi connectivity index (χ3n) is 6.96. The van der Waals surface area contributed by atoms with Crippen molar-refractivity contribution in [3.8, 4) is 17.2 Å². The Hall–Kier alpha value is -2.44. The molecule has 2 aliphatic heterocycles. The molecule has 0 aromatic heterocycles. The topological polar surface area (TPSA) is 68.3 Å². The highest BCUT2D eigenvalue weighted by Crippen LogP contribution is 2.43. The van der Waals surface area contributed by atoms with Crippen molar-refractivity contribution in [2.24, 2.45) is 11.8 Å². The molecule has 2 heterocycles. The van der Waals surface area contributed by atoms with Crippen LogP contribution in [-0.2, 0) is 9.59 Å². The van der Waals surface area contributed by atoms with E-state index in [9.17, 15) is 9.59 Å². The number of rotatable bonds is 5. The molecular weight excluding hydrogens is 384 g/mol. The second kappa shape index (κ2) is 8.74. The summed E-state index contributed by atoms with van der Waals surface area (Å²) in [6.45, 7) is 1.22. The number of anilines is 1. The first-order valence-corrected chi connectivity index (χ1v) is 11.0. The van der Waals surface area contributed by atoms with Crippen LogP contribution in [0.3, 0.4) is 0 Å². The zero-order valence-electron chi connectivity index (χ0n) is 18.2. The number of amides is 2. The summed E-state index contributed by atoms with van der Waals surface area (Å²) in [5.41, 5.74) is 0.666. The Morgan fingerprint density at radius 3 is 2.30 bits per heavy atom. The van der Waals surface area contributed by atoms with Gasteiger partial charge in [0.25, 0.3) is 0 Å². The summed E-state index contributed by atoms with van der Waals surface area (Å²) in [5.74, 6) is 1.93. The predicted octanol–water partition coefficient (Wildman–Crippen LogP) is 3.25. The van der Waals surface area contributed by atoms with Crippen molar-refractivity contribution in [1.29, 1.82) is 0 Å². The molecule has 3 atom stereocenters. The van der Waals surface area contributed by atoms with Gasteiger partial charge < -0.3 is 24.0 Å². The maximum absolute atomic E-state index is 13.4. The van der Waals surface area contributed by atoms with Crippen LogP contribution in [0.2, 0.25) is 0 Å². The van der Waals surface area contributed by atoms with Gasteiger partial charge >= 0.3 is 0 Å². The molecule has 0 radical (unpaired) electrons. The molecule has 0 spiro atoms. The summed E-state index contributed by atoms with van der Waals surface area (Å²) in [7, 11) is 4.65. The van der Waals surface area contributed by atoms with E-state index in [0.717, 1.165) is 19.4 Å². The van der Waals surface area contributed by atoms with Crippen molar-refractivity contribution in [2.75, 3.05) is 39.3 Å².